The van der Waals surface area contributed by atoms with Crippen LogP contribution in [0, 0.1) is 5.92 Å². The molecule has 0 aromatic carbocycles. The van der Waals surface area contributed by atoms with E-state index in [2.05, 4.69) is 15.9 Å². The first kappa shape index (κ1) is 7.44. The van der Waals surface area contributed by atoms with Crippen molar-refractivity contribution in [3.63, 3.8) is 0 Å². The molecule has 7 heavy (non-hydrogen) atoms. The normalized spacial score (nSPS) is 14.1. The average Bonchev–Trinajstić information content (AvgIpc) is 1.72. The van der Waals surface area contributed by atoms with Crippen molar-refractivity contribution in [3.05, 3.63) is 0 Å². The molecule has 0 aliphatic carbocycles. The Morgan fingerprint density at radius 3 is 2.29 bits per heavy atom. The Labute approximate surface area is 52.9 Å². The largest absolute Gasteiger partial charge is 0.854 e. The van der Waals surface area contributed by atoms with E-state index >= 15 is 0 Å². The molecule has 0 saturated heterocycles. The lowest BCUT2D eigenvalue weighted by Crippen LogP contribution is -2.18. The summed E-state index contributed by atoms with van der Waals surface area (Å²) in [6.45, 7) is 2.09. The Bertz CT molecular complexity index is 29.6. The van der Waals surface area contributed by atoms with Crippen LogP contribution in [0.1, 0.15) is 13.3 Å². The van der Waals surface area contributed by atoms with Gasteiger partial charge in [-0.2, -0.15) is 0 Å². The predicted molar refractivity (Wildman–Crippen MR) is 32.4 cm³/mol. The van der Waals surface area contributed by atoms with Gasteiger partial charge in [0.1, 0.15) is 0 Å². The van der Waals surface area contributed by atoms with E-state index in [9.17, 15) is 5.11 Å². The van der Waals surface area contributed by atoms with Gasteiger partial charge in [0.2, 0.25) is 0 Å². The third kappa shape index (κ3) is 3.06. The van der Waals surface area contributed by atoms with Crippen molar-refractivity contribution in [2.75, 3.05) is 11.9 Å². The third-order valence-electron chi connectivity index (χ3n) is 1.03. The molecule has 0 N–H and O–H groups in total. The maximum Gasteiger partial charge on any atom is 0.00467 e. The van der Waals surface area contributed by atoms with Crippen LogP contribution in [0.4, 0.5) is 0 Å². The monoisotopic (exact) mass is 165 g/mol. The minimum absolute atomic E-state index is 0.0573. The number of hydrogen-bond donors (Lipinski definition) is 0. The lowest BCUT2D eigenvalue weighted by atomic mass is 10.1. The lowest BCUT2D eigenvalue weighted by molar-refractivity contribution is -0.377. The summed E-state index contributed by atoms with van der Waals surface area (Å²) in [4.78, 5) is 0. The summed E-state index contributed by atoms with van der Waals surface area (Å²) < 4.78 is 0. The fraction of sp³-hybridized carbons (Fsp3) is 1.00. The van der Waals surface area contributed by atoms with Crippen LogP contribution in [0.2, 0.25) is 0 Å². The SMILES string of the molecule is CCC(C[O-])CBr. The fourth-order valence-electron chi connectivity index (χ4n) is 0.272. The summed E-state index contributed by atoms with van der Waals surface area (Å²) in [6.07, 6.45) is 0.995. The van der Waals surface area contributed by atoms with Crippen molar-refractivity contribution in [2.45, 2.75) is 13.3 Å². The smallest absolute Gasteiger partial charge is 0.00467 e. The Hall–Kier alpha value is 0.440. The molecule has 0 rings (SSSR count). The molecule has 0 bridgehead atoms. The summed E-state index contributed by atoms with van der Waals surface area (Å²) >= 11 is 3.24. The van der Waals surface area contributed by atoms with Crippen molar-refractivity contribution in [1.82, 2.24) is 0 Å². The standard InChI is InChI=1S/C5H10BrO/c1-2-5(3-6)4-7/h5H,2-4H2,1H3/q-1. The Kier molecular flexibility index (Phi) is 4.88. The van der Waals surface area contributed by atoms with Crippen LogP contribution in [-0.4, -0.2) is 11.9 Å². The molecule has 0 spiro atoms. The van der Waals surface area contributed by atoms with E-state index in [1.165, 1.54) is 0 Å². The van der Waals surface area contributed by atoms with Gasteiger partial charge in [0.15, 0.2) is 0 Å². The molecule has 1 nitrogen and oxygen atoms in total. The molecule has 0 aliphatic rings. The number of halogens is 1. The zero-order chi connectivity index (χ0) is 5.70. The van der Waals surface area contributed by atoms with Crippen molar-refractivity contribution in [1.29, 1.82) is 0 Å². The molecule has 1 unspecified atom stereocenters. The topological polar surface area (TPSA) is 23.1 Å². The van der Waals surface area contributed by atoms with Gasteiger partial charge in [0.05, 0.1) is 0 Å². The fourth-order valence-corrected chi connectivity index (χ4v) is 0.916. The minimum atomic E-state index is 0.0573. The molecule has 0 fully saturated rings. The van der Waals surface area contributed by atoms with Crippen molar-refractivity contribution >= 4 is 15.9 Å². The highest BCUT2D eigenvalue weighted by Crippen LogP contribution is 2.02. The molecule has 0 heterocycles. The van der Waals surface area contributed by atoms with Crippen LogP contribution < -0.4 is 5.11 Å². The van der Waals surface area contributed by atoms with Crippen LogP contribution in [-0.2, 0) is 0 Å². The van der Waals surface area contributed by atoms with Gasteiger partial charge in [-0.3, -0.25) is 0 Å². The maximum absolute atomic E-state index is 10.1. The molecule has 0 amide bonds. The Morgan fingerprint density at radius 2 is 2.29 bits per heavy atom. The lowest BCUT2D eigenvalue weighted by Gasteiger charge is -2.12. The molecule has 0 aliphatic heterocycles. The maximum atomic E-state index is 10.1. The Balaban J connectivity index is 2.99. The zero-order valence-electron chi connectivity index (χ0n) is 4.48. The van der Waals surface area contributed by atoms with Gasteiger partial charge in [-0.25, -0.2) is 0 Å². The van der Waals surface area contributed by atoms with Crippen molar-refractivity contribution in [3.8, 4) is 0 Å². The van der Waals surface area contributed by atoms with Crippen LogP contribution in [0.25, 0.3) is 0 Å². The highest BCUT2D eigenvalue weighted by Gasteiger charge is 1.93. The van der Waals surface area contributed by atoms with Gasteiger partial charge in [-0.15, -0.1) is 6.61 Å². The minimum Gasteiger partial charge on any atom is -0.854 e. The van der Waals surface area contributed by atoms with Crippen molar-refractivity contribution in [2.24, 2.45) is 5.92 Å². The van der Waals surface area contributed by atoms with Gasteiger partial charge in [0, 0.05) is 5.33 Å². The quantitative estimate of drug-likeness (QED) is 0.568. The van der Waals surface area contributed by atoms with E-state index in [-0.39, 0.29) is 6.61 Å². The molecular weight excluding hydrogens is 156 g/mol. The summed E-state index contributed by atoms with van der Waals surface area (Å²) in [5.41, 5.74) is 0. The van der Waals surface area contributed by atoms with Crippen LogP contribution >= 0.6 is 15.9 Å². The predicted octanol–water partition coefficient (Wildman–Crippen LogP) is 0.768. The number of alkyl halides is 1. The highest BCUT2D eigenvalue weighted by atomic mass is 79.9. The van der Waals surface area contributed by atoms with Crippen LogP contribution in [0.5, 0.6) is 0 Å². The van der Waals surface area contributed by atoms with Crippen molar-refractivity contribution < 1.29 is 5.11 Å². The van der Waals surface area contributed by atoms with Gasteiger partial charge < -0.3 is 5.11 Å². The zero-order valence-corrected chi connectivity index (χ0v) is 6.07. The van der Waals surface area contributed by atoms with E-state index < -0.39 is 0 Å². The molecule has 2 heteroatoms. The van der Waals surface area contributed by atoms with E-state index in [1.54, 1.807) is 0 Å². The molecular formula is C5H10BrO-. The van der Waals surface area contributed by atoms with Gasteiger partial charge in [-0.05, 0) is 5.92 Å². The summed E-state index contributed by atoms with van der Waals surface area (Å²) in [6, 6.07) is 0. The molecule has 0 aromatic heterocycles. The molecule has 0 saturated carbocycles. The van der Waals surface area contributed by atoms with Crippen LogP contribution in [0.3, 0.4) is 0 Å². The van der Waals surface area contributed by atoms with Gasteiger partial charge >= 0.3 is 0 Å². The number of hydrogen-bond acceptors (Lipinski definition) is 1. The second kappa shape index (κ2) is 4.60. The van der Waals surface area contributed by atoms with Gasteiger partial charge in [-0.1, -0.05) is 29.3 Å². The summed E-state index contributed by atoms with van der Waals surface area (Å²) in [7, 11) is 0. The highest BCUT2D eigenvalue weighted by molar-refractivity contribution is 9.09. The van der Waals surface area contributed by atoms with E-state index in [4.69, 9.17) is 0 Å². The molecule has 44 valence electrons. The average molecular weight is 166 g/mol. The summed E-state index contributed by atoms with van der Waals surface area (Å²) in [5, 5.41) is 10.9. The molecule has 0 radical (unpaired) electrons. The first-order chi connectivity index (χ1) is 3.35. The van der Waals surface area contributed by atoms with E-state index in [1.807, 2.05) is 6.92 Å². The summed E-state index contributed by atoms with van der Waals surface area (Å²) in [5.74, 6) is 0.347. The molecule has 0 aromatic rings. The third-order valence-corrected chi connectivity index (χ3v) is 1.95. The molecule has 1 atom stereocenters. The first-order valence-electron chi connectivity index (χ1n) is 2.49. The second-order valence-electron chi connectivity index (χ2n) is 1.60. The number of rotatable bonds is 3. The van der Waals surface area contributed by atoms with E-state index in [0.29, 0.717) is 5.92 Å². The Morgan fingerprint density at radius 1 is 1.71 bits per heavy atom. The first-order valence-corrected chi connectivity index (χ1v) is 3.61. The second-order valence-corrected chi connectivity index (χ2v) is 2.24. The van der Waals surface area contributed by atoms with Crippen LogP contribution in [0.15, 0.2) is 0 Å². The van der Waals surface area contributed by atoms with Gasteiger partial charge in [0.25, 0.3) is 0 Å². The van der Waals surface area contributed by atoms with E-state index in [0.717, 1.165) is 11.8 Å².